The first-order valence-corrected chi connectivity index (χ1v) is 6.04. The molecule has 0 bridgehead atoms. The Labute approximate surface area is 102 Å². The Morgan fingerprint density at radius 2 is 2.06 bits per heavy atom. The standard InChI is InChI=1S/C12H21NO4/c1-12(11(15)16,7-3-4-8-17-2)10(14)13-9-5-6-9/h9H,3-8H2,1-2H3,(H,13,14)(H,15,16). The fourth-order valence-corrected chi connectivity index (χ4v) is 1.61. The molecule has 0 aromatic heterocycles. The number of carboxylic acid groups (broad SMARTS) is 1. The van der Waals surface area contributed by atoms with Gasteiger partial charge in [-0.1, -0.05) is 0 Å². The SMILES string of the molecule is COCCCCC(C)(C(=O)O)C(=O)NC1CC1. The van der Waals surface area contributed by atoms with Crippen LogP contribution in [0.1, 0.15) is 39.0 Å². The monoisotopic (exact) mass is 243 g/mol. The van der Waals surface area contributed by atoms with Gasteiger partial charge in [-0.2, -0.15) is 0 Å². The number of unbranched alkanes of at least 4 members (excludes halogenated alkanes) is 1. The number of carbonyl (C=O) groups excluding carboxylic acids is 1. The molecule has 0 aromatic carbocycles. The predicted molar refractivity (Wildman–Crippen MR) is 62.6 cm³/mol. The Balaban J connectivity index is 2.47. The van der Waals surface area contributed by atoms with Gasteiger partial charge in [0.1, 0.15) is 5.41 Å². The van der Waals surface area contributed by atoms with E-state index in [0.717, 1.165) is 19.3 Å². The summed E-state index contributed by atoms with van der Waals surface area (Å²) in [5, 5.41) is 12.0. The summed E-state index contributed by atoms with van der Waals surface area (Å²) in [6, 6.07) is 0.195. The Morgan fingerprint density at radius 3 is 2.53 bits per heavy atom. The molecule has 0 aromatic rings. The molecule has 2 N–H and O–H groups in total. The van der Waals surface area contributed by atoms with Crippen molar-refractivity contribution in [1.29, 1.82) is 0 Å². The third-order valence-corrected chi connectivity index (χ3v) is 3.16. The maximum absolute atomic E-state index is 11.9. The molecule has 1 aliphatic carbocycles. The molecule has 0 saturated heterocycles. The zero-order valence-corrected chi connectivity index (χ0v) is 10.5. The van der Waals surface area contributed by atoms with Crippen LogP contribution in [0.15, 0.2) is 0 Å². The average Bonchev–Trinajstić information content (AvgIpc) is 3.07. The number of hydrogen-bond donors (Lipinski definition) is 2. The first-order chi connectivity index (χ1) is 8.00. The van der Waals surface area contributed by atoms with Crippen LogP contribution in [0.2, 0.25) is 0 Å². The number of hydrogen-bond acceptors (Lipinski definition) is 3. The molecule has 5 nitrogen and oxygen atoms in total. The van der Waals surface area contributed by atoms with Crippen molar-refractivity contribution >= 4 is 11.9 Å². The summed E-state index contributed by atoms with van der Waals surface area (Å²) in [5.74, 6) is -1.40. The third kappa shape index (κ3) is 4.00. The van der Waals surface area contributed by atoms with Crippen molar-refractivity contribution in [1.82, 2.24) is 5.32 Å². The number of carboxylic acids is 1. The molecule has 1 atom stereocenters. The lowest BCUT2D eigenvalue weighted by atomic mass is 9.84. The van der Waals surface area contributed by atoms with Crippen LogP contribution in [-0.4, -0.2) is 36.7 Å². The van der Waals surface area contributed by atoms with Gasteiger partial charge in [0.25, 0.3) is 0 Å². The van der Waals surface area contributed by atoms with Crippen molar-refractivity contribution in [3.63, 3.8) is 0 Å². The number of ether oxygens (including phenoxy) is 1. The van der Waals surface area contributed by atoms with E-state index in [1.54, 1.807) is 7.11 Å². The second-order valence-corrected chi connectivity index (χ2v) is 4.83. The maximum atomic E-state index is 11.9. The van der Waals surface area contributed by atoms with Crippen molar-refractivity contribution in [2.75, 3.05) is 13.7 Å². The Hall–Kier alpha value is -1.10. The molecule has 1 amide bonds. The minimum Gasteiger partial charge on any atom is -0.480 e. The molecular weight excluding hydrogens is 222 g/mol. The molecule has 5 heteroatoms. The van der Waals surface area contributed by atoms with Gasteiger partial charge in [-0.3, -0.25) is 9.59 Å². The molecule has 0 radical (unpaired) electrons. The molecule has 1 fully saturated rings. The smallest absolute Gasteiger partial charge is 0.318 e. The van der Waals surface area contributed by atoms with Gasteiger partial charge in [0.05, 0.1) is 0 Å². The molecule has 17 heavy (non-hydrogen) atoms. The van der Waals surface area contributed by atoms with Gasteiger partial charge in [-0.05, 0) is 39.0 Å². The van der Waals surface area contributed by atoms with Gasteiger partial charge in [-0.15, -0.1) is 0 Å². The van der Waals surface area contributed by atoms with Gasteiger partial charge in [0, 0.05) is 19.8 Å². The molecule has 0 heterocycles. The number of amides is 1. The van der Waals surface area contributed by atoms with Gasteiger partial charge in [0.2, 0.25) is 5.91 Å². The van der Waals surface area contributed by atoms with E-state index in [0.29, 0.717) is 19.4 Å². The van der Waals surface area contributed by atoms with E-state index >= 15 is 0 Å². The number of rotatable bonds is 8. The van der Waals surface area contributed by atoms with E-state index in [-0.39, 0.29) is 11.9 Å². The number of methoxy groups -OCH3 is 1. The highest BCUT2D eigenvalue weighted by atomic mass is 16.5. The normalized spacial score (nSPS) is 18.5. The summed E-state index contributed by atoms with van der Waals surface area (Å²) < 4.78 is 4.90. The second-order valence-electron chi connectivity index (χ2n) is 4.83. The lowest BCUT2D eigenvalue weighted by molar-refractivity contribution is -0.155. The largest absolute Gasteiger partial charge is 0.480 e. The lowest BCUT2D eigenvalue weighted by Gasteiger charge is -2.23. The molecule has 1 rings (SSSR count). The highest BCUT2D eigenvalue weighted by molar-refractivity contribution is 6.01. The number of aliphatic carboxylic acids is 1. The molecular formula is C12H21NO4. The molecule has 1 unspecified atom stereocenters. The van der Waals surface area contributed by atoms with Crippen LogP contribution >= 0.6 is 0 Å². The van der Waals surface area contributed by atoms with Gasteiger partial charge in [0.15, 0.2) is 0 Å². The van der Waals surface area contributed by atoms with Crippen molar-refractivity contribution in [2.45, 2.75) is 45.1 Å². The summed E-state index contributed by atoms with van der Waals surface area (Å²) in [6.07, 6.45) is 3.73. The Bertz CT molecular complexity index is 288. The van der Waals surface area contributed by atoms with E-state index in [1.165, 1.54) is 6.92 Å². The fourth-order valence-electron chi connectivity index (χ4n) is 1.61. The van der Waals surface area contributed by atoms with Crippen LogP contribution in [0.4, 0.5) is 0 Å². The van der Waals surface area contributed by atoms with Crippen LogP contribution in [0.25, 0.3) is 0 Å². The summed E-state index contributed by atoms with van der Waals surface area (Å²) in [5.41, 5.74) is -1.31. The highest BCUT2D eigenvalue weighted by Gasteiger charge is 2.42. The fraction of sp³-hybridized carbons (Fsp3) is 0.833. The van der Waals surface area contributed by atoms with E-state index in [9.17, 15) is 14.7 Å². The molecule has 0 aliphatic heterocycles. The number of nitrogens with one attached hydrogen (secondary N) is 1. The van der Waals surface area contributed by atoms with Crippen LogP contribution in [-0.2, 0) is 14.3 Å². The first kappa shape index (κ1) is 14.0. The summed E-state index contributed by atoms with van der Waals surface area (Å²) >= 11 is 0. The number of carbonyl (C=O) groups is 2. The second kappa shape index (κ2) is 6.00. The van der Waals surface area contributed by atoms with Crippen LogP contribution in [0.3, 0.4) is 0 Å². The maximum Gasteiger partial charge on any atom is 0.318 e. The molecule has 1 aliphatic rings. The molecule has 98 valence electrons. The minimum atomic E-state index is -1.31. The Kier molecular flexibility index (Phi) is 4.93. The van der Waals surface area contributed by atoms with Crippen LogP contribution < -0.4 is 5.32 Å². The minimum absolute atomic E-state index is 0.195. The predicted octanol–water partition coefficient (Wildman–Crippen LogP) is 1.17. The van der Waals surface area contributed by atoms with Crippen molar-refractivity contribution in [3.05, 3.63) is 0 Å². The van der Waals surface area contributed by atoms with Crippen LogP contribution in [0.5, 0.6) is 0 Å². The zero-order valence-electron chi connectivity index (χ0n) is 10.5. The van der Waals surface area contributed by atoms with E-state index in [2.05, 4.69) is 5.32 Å². The lowest BCUT2D eigenvalue weighted by Crippen LogP contribution is -2.45. The van der Waals surface area contributed by atoms with Gasteiger partial charge in [-0.25, -0.2) is 0 Å². The van der Waals surface area contributed by atoms with Crippen molar-refractivity contribution in [3.8, 4) is 0 Å². The van der Waals surface area contributed by atoms with Gasteiger partial charge >= 0.3 is 5.97 Å². The zero-order chi connectivity index (χ0) is 12.9. The summed E-state index contributed by atoms with van der Waals surface area (Å²) in [7, 11) is 1.61. The van der Waals surface area contributed by atoms with E-state index in [4.69, 9.17) is 4.74 Å². The first-order valence-electron chi connectivity index (χ1n) is 6.04. The quantitative estimate of drug-likeness (QED) is 0.495. The topological polar surface area (TPSA) is 75.6 Å². The molecule has 1 saturated carbocycles. The summed E-state index contributed by atoms with van der Waals surface area (Å²) in [4.78, 5) is 23.1. The van der Waals surface area contributed by atoms with Crippen LogP contribution in [0, 0.1) is 5.41 Å². The van der Waals surface area contributed by atoms with E-state index < -0.39 is 11.4 Å². The van der Waals surface area contributed by atoms with Gasteiger partial charge < -0.3 is 15.2 Å². The molecule has 0 spiro atoms. The van der Waals surface area contributed by atoms with Crippen molar-refractivity contribution in [2.24, 2.45) is 5.41 Å². The Morgan fingerprint density at radius 1 is 1.41 bits per heavy atom. The summed E-state index contributed by atoms with van der Waals surface area (Å²) in [6.45, 7) is 2.10. The van der Waals surface area contributed by atoms with Crippen molar-refractivity contribution < 1.29 is 19.4 Å². The highest BCUT2D eigenvalue weighted by Crippen LogP contribution is 2.28. The third-order valence-electron chi connectivity index (χ3n) is 3.16. The average molecular weight is 243 g/mol. The van der Waals surface area contributed by atoms with E-state index in [1.807, 2.05) is 0 Å².